The quantitative estimate of drug-likeness (QED) is 0.867. The molecule has 0 spiro atoms. The van der Waals surface area contributed by atoms with Gasteiger partial charge in [-0.25, -0.2) is 4.79 Å². The van der Waals surface area contributed by atoms with Gasteiger partial charge < -0.3 is 10.8 Å². The maximum atomic E-state index is 10.8. The van der Waals surface area contributed by atoms with E-state index in [9.17, 15) is 4.79 Å². The second-order valence-electron chi connectivity index (χ2n) is 5.63. The molecule has 0 bridgehead atoms. The summed E-state index contributed by atoms with van der Waals surface area (Å²) in [6.07, 6.45) is 4.56. The van der Waals surface area contributed by atoms with E-state index in [0.29, 0.717) is 17.6 Å². The van der Waals surface area contributed by atoms with Gasteiger partial charge in [0.1, 0.15) is 0 Å². The van der Waals surface area contributed by atoms with E-state index in [1.807, 2.05) is 12.1 Å². The van der Waals surface area contributed by atoms with Crippen molar-refractivity contribution in [1.82, 2.24) is 4.90 Å². The molecule has 2 rings (SSSR count). The van der Waals surface area contributed by atoms with Crippen LogP contribution in [0.5, 0.6) is 0 Å². The first-order valence-corrected chi connectivity index (χ1v) is 7.42. The largest absolute Gasteiger partial charge is 0.478 e. The fourth-order valence-corrected chi connectivity index (χ4v) is 2.95. The topological polar surface area (TPSA) is 66.6 Å². The molecule has 110 valence electrons. The number of benzene rings is 1. The Hall–Kier alpha value is -1.39. The smallest absolute Gasteiger partial charge is 0.335 e. The minimum Gasteiger partial charge on any atom is -0.478 e. The highest BCUT2D eigenvalue weighted by molar-refractivity contribution is 5.87. The van der Waals surface area contributed by atoms with Crippen molar-refractivity contribution in [2.75, 3.05) is 6.54 Å². The molecule has 1 aliphatic rings. The highest BCUT2D eigenvalue weighted by atomic mass is 16.4. The predicted octanol–water partition coefficient (Wildman–Crippen LogP) is 2.48. The van der Waals surface area contributed by atoms with Gasteiger partial charge in [0.05, 0.1) is 5.56 Å². The monoisotopic (exact) mass is 276 g/mol. The van der Waals surface area contributed by atoms with Crippen LogP contribution in [0.4, 0.5) is 0 Å². The number of hydrogen-bond donors (Lipinski definition) is 2. The van der Waals surface area contributed by atoms with Crippen LogP contribution in [-0.4, -0.2) is 34.6 Å². The third-order valence-corrected chi connectivity index (χ3v) is 4.25. The highest BCUT2D eigenvalue weighted by Crippen LogP contribution is 2.23. The fourth-order valence-electron chi connectivity index (χ4n) is 2.95. The number of rotatable bonds is 5. The van der Waals surface area contributed by atoms with Crippen molar-refractivity contribution in [2.24, 2.45) is 5.73 Å². The number of hydrogen-bond acceptors (Lipinski definition) is 3. The van der Waals surface area contributed by atoms with Gasteiger partial charge in [-0.1, -0.05) is 19.1 Å². The van der Waals surface area contributed by atoms with Crippen LogP contribution >= 0.6 is 0 Å². The summed E-state index contributed by atoms with van der Waals surface area (Å²) in [7, 11) is 0. The van der Waals surface area contributed by atoms with Gasteiger partial charge in [-0.3, -0.25) is 4.90 Å². The van der Waals surface area contributed by atoms with Crippen LogP contribution < -0.4 is 5.73 Å². The lowest BCUT2D eigenvalue weighted by molar-refractivity contribution is 0.0697. The van der Waals surface area contributed by atoms with Gasteiger partial charge in [0.15, 0.2) is 0 Å². The van der Waals surface area contributed by atoms with Gasteiger partial charge in [0.25, 0.3) is 0 Å². The van der Waals surface area contributed by atoms with Crippen molar-refractivity contribution in [1.29, 1.82) is 0 Å². The molecule has 0 radical (unpaired) electrons. The number of aromatic carboxylic acids is 1. The zero-order valence-corrected chi connectivity index (χ0v) is 12.1. The number of nitrogens with zero attached hydrogens (tertiary/aromatic N) is 1. The second kappa shape index (κ2) is 6.86. The predicted molar refractivity (Wildman–Crippen MR) is 79.7 cm³/mol. The molecule has 0 heterocycles. The zero-order chi connectivity index (χ0) is 14.5. The molecule has 3 N–H and O–H groups in total. The lowest BCUT2D eigenvalue weighted by Gasteiger charge is -2.35. The molecular formula is C16H24N2O2. The molecule has 0 saturated heterocycles. The number of carboxylic acids is 1. The van der Waals surface area contributed by atoms with Crippen molar-refractivity contribution < 1.29 is 9.90 Å². The van der Waals surface area contributed by atoms with Crippen molar-refractivity contribution >= 4 is 5.97 Å². The summed E-state index contributed by atoms with van der Waals surface area (Å²) in [6, 6.07) is 8.19. The standard InChI is InChI=1S/C16H24N2O2/c1-2-18(15-9-7-14(17)8-10-15)11-12-3-5-13(6-4-12)16(19)20/h3-6,14-15H,2,7-11,17H2,1H3,(H,19,20). The van der Waals surface area contributed by atoms with E-state index in [2.05, 4.69) is 11.8 Å². The average Bonchev–Trinajstić information content (AvgIpc) is 2.46. The van der Waals surface area contributed by atoms with Crippen molar-refractivity contribution in [2.45, 2.75) is 51.2 Å². The second-order valence-corrected chi connectivity index (χ2v) is 5.63. The van der Waals surface area contributed by atoms with Crippen LogP contribution in [0.25, 0.3) is 0 Å². The van der Waals surface area contributed by atoms with E-state index in [-0.39, 0.29) is 0 Å². The van der Waals surface area contributed by atoms with Crippen LogP contribution in [0.15, 0.2) is 24.3 Å². The van der Waals surface area contributed by atoms with E-state index in [0.717, 1.165) is 25.9 Å². The van der Waals surface area contributed by atoms with Crippen LogP contribution in [0.3, 0.4) is 0 Å². The van der Waals surface area contributed by atoms with E-state index in [1.54, 1.807) is 12.1 Å². The number of nitrogens with two attached hydrogens (primary N) is 1. The SMILES string of the molecule is CCN(Cc1ccc(C(=O)O)cc1)C1CCC(N)CC1. The Kier molecular flexibility index (Phi) is 5.15. The molecule has 4 heteroatoms. The maximum absolute atomic E-state index is 10.8. The maximum Gasteiger partial charge on any atom is 0.335 e. The zero-order valence-electron chi connectivity index (χ0n) is 12.1. The first-order chi connectivity index (χ1) is 9.60. The summed E-state index contributed by atoms with van der Waals surface area (Å²) in [5.41, 5.74) is 7.48. The fraction of sp³-hybridized carbons (Fsp3) is 0.562. The number of carbonyl (C=O) groups is 1. The summed E-state index contributed by atoms with van der Waals surface area (Å²) >= 11 is 0. The Bertz CT molecular complexity index is 436. The summed E-state index contributed by atoms with van der Waals surface area (Å²) in [4.78, 5) is 13.3. The normalized spacial score (nSPS) is 22.9. The molecular weight excluding hydrogens is 252 g/mol. The number of carboxylic acid groups (broad SMARTS) is 1. The van der Waals surface area contributed by atoms with Crippen molar-refractivity contribution in [3.63, 3.8) is 0 Å². The van der Waals surface area contributed by atoms with Gasteiger partial charge in [-0.15, -0.1) is 0 Å². The Balaban J connectivity index is 1.97. The molecule has 0 aliphatic heterocycles. The summed E-state index contributed by atoms with van der Waals surface area (Å²) in [5, 5.41) is 8.91. The van der Waals surface area contributed by atoms with Gasteiger partial charge in [-0.05, 0) is 49.9 Å². The third kappa shape index (κ3) is 3.81. The van der Waals surface area contributed by atoms with Gasteiger partial charge in [-0.2, -0.15) is 0 Å². The first-order valence-electron chi connectivity index (χ1n) is 7.42. The van der Waals surface area contributed by atoms with Crippen molar-refractivity contribution in [3.8, 4) is 0 Å². The Morgan fingerprint density at radius 1 is 1.25 bits per heavy atom. The molecule has 0 aromatic heterocycles. The van der Waals surface area contributed by atoms with Crippen LogP contribution in [0.1, 0.15) is 48.5 Å². The molecule has 1 aromatic rings. The molecule has 0 unspecified atom stereocenters. The Morgan fingerprint density at radius 3 is 2.35 bits per heavy atom. The molecule has 0 atom stereocenters. The van der Waals surface area contributed by atoms with Gasteiger partial charge in [0, 0.05) is 18.6 Å². The van der Waals surface area contributed by atoms with Gasteiger partial charge >= 0.3 is 5.97 Å². The molecule has 1 fully saturated rings. The average molecular weight is 276 g/mol. The van der Waals surface area contributed by atoms with Crippen LogP contribution in [0, 0.1) is 0 Å². The van der Waals surface area contributed by atoms with Gasteiger partial charge in [0.2, 0.25) is 0 Å². The summed E-state index contributed by atoms with van der Waals surface area (Å²) in [5.74, 6) is -0.870. The van der Waals surface area contributed by atoms with E-state index in [4.69, 9.17) is 10.8 Å². The molecule has 20 heavy (non-hydrogen) atoms. The lowest BCUT2D eigenvalue weighted by Crippen LogP contribution is -2.40. The summed E-state index contributed by atoms with van der Waals surface area (Å²) < 4.78 is 0. The molecule has 1 aromatic carbocycles. The lowest BCUT2D eigenvalue weighted by atomic mass is 9.90. The minimum absolute atomic E-state index is 0.348. The molecule has 1 saturated carbocycles. The molecule has 0 amide bonds. The Morgan fingerprint density at radius 2 is 1.85 bits per heavy atom. The van der Waals surface area contributed by atoms with E-state index in [1.165, 1.54) is 18.4 Å². The van der Waals surface area contributed by atoms with E-state index >= 15 is 0 Å². The van der Waals surface area contributed by atoms with Crippen molar-refractivity contribution in [3.05, 3.63) is 35.4 Å². The summed E-state index contributed by atoms with van der Waals surface area (Å²) in [6.45, 7) is 4.08. The minimum atomic E-state index is -0.870. The first kappa shape index (κ1) is 15.0. The molecule has 4 nitrogen and oxygen atoms in total. The van der Waals surface area contributed by atoms with E-state index < -0.39 is 5.97 Å². The molecule has 1 aliphatic carbocycles. The van der Waals surface area contributed by atoms with Crippen LogP contribution in [0.2, 0.25) is 0 Å². The van der Waals surface area contributed by atoms with Crippen LogP contribution in [-0.2, 0) is 6.54 Å². The highest BCUT2D eigenvalue weighted by Gasteiger charge is 2.23. The Labute approximate surface area is 120 Å². The third-order valence-electron chi connectivity index (χ3n) is 4.25.